The molecule has 1 saturated heterocycles. The predicted molar refractivity (Wildman–Crippen MR) is 136 cm³/mol. The number of nitrogens with zero attached hydrogens (tertiary/aromatic N) is 4. The fourth-order valence-electron chi connectivity index (χ4n) is 4.79. The second kappa shape index (κ2) is 10.2. The van der Waals surface area contributed by atoms with Crippen molar-refractivity contribution in [3.05, 3.63) is 53.1 Å². The topological polar surface area (TPSA) is 142 Å². The number of fused-ring (bicyclic) bond motifs is 1. The van der Waals surface area contributed by atoms with Crippen molar-refractivity contribution >= 4 is 10.0 Å². The standard InChI is InChI=1S/C26H29N5O5S/c1-16(2)35-24-9-6-17(12-18(24)13-27)26-28-25(29-36-26)22-5-3-4-21-20(22)7-8-23(21)30-37(33,34)11-10-31-14-19(32)15-31/h3-6,9,12,16,19,23,30,32H,7-8,10-11,14-15H2,1-2H3. The van der Waals surface area contributed by atoms with Crippen molar-refractivity contribution in [1.29, 1.82) is 5.26 Å². The van der Waals surface area contributed by atoms with Crippen LogP contribution in [0.25, 0.3) is 22.8 Å². The van der Waals surface area contributed by atoms with E-state index in [9.17, 15) is 18.8 Å². The van der Waals surface area contributed by atoms with Crippen LogP contribution in [0.15, 0.2) is 40.9 Å². The monoisotopic (exact) mass is 523 g/mol. The number of nitrogens with one attached hydrogen (secondary N) is 1. The first-order chi connectivity index (χ1) is 17.7. The van der Waals surface area contributed by atoms with Gasteiger partial charge in [-0.15, -0.1) is 0 Å². The summed E-state index contributed by atoms with van der Waals surface area (Å²) in [5.41, 5.74) is 3.69. The van der Waals surface area contributed by atoms with Gasteiger partial charge in [-0.1, -0.05) is 23.4 Å². The smallest absolute Gasteiger partial charge is 0.258 e. The Morgan fingerprint density at radius 2 is 2.11 bits per heavy atom. The van der Waals surface area contributed by atoms with E-state index < -0.39 is 10.0 Å². The zero-order valence-corrected chi connectivity index (χ0v) is 21.5. The van der Waals surface area contributed by atoms with E-state index in [1.165, 1.54) is 0 Å². The maximum Gasteiger partial charge on any atom is 0.258 e. The molecule has 5 rings (SSSR count). The minimum absolute atomic E-state index is 0.00880. The number of aromatic nitrogens is 2. The molecule has 0 amide bonds. The van der Waals surface area contributed by atoms with Crippen LogP contribution in [0, 0.1) is 11.3 Å². The molecule has 194 valence electrons. The lowest BCUT2D eigenvalue weighted by molar-refractivity contribution is 0.00619. The van der Waals surface area contributed by atoms with E-state index >= 15 is 0 Å². The molecule has 1 aliphatic heterocycles. The van der Waals surface area contributed by atoms with Gasteiger partial charge in [-0.3, -0.25) is 4.90 Å². The molecule has 10 nitrogen and oxygen atoms in total. The highest BCUT2D eigenvalue weighted by atomic mass is 32.2. The molecule has 1 fully saturated rings. The molecule has 1 unspecified atom stereocenters. The van der Waals surface area contributed by atoms with Crippen molar-refractivity contribution in [3.8, 4) is 34.7 Å². The van der Waals surface area contributed by atoms with Gasteiger partial charge in [0.15, 0.2) is 0 Å². The second-order valence-electron chi connectivity index (χ2n) is 9.73. The highest BCUT2D eigenvalue weighted by Crippen LogP contribution is 2.38. The average molecular weight is 524 g/mol. The Kier molecular flexibility index (Phi) is 7.00. The lowest BCUT2D eigenvalue weighted by atomic mass is 10.0. The van der Waals surface area contributed by atoms with Crippen LogP contribution in [0.1, 0.15) is 43.0 Å². The summed E-state index contributed by atoms with van der Waals surface area (Å²) in [6, 6.07) is 12.7. The Balaban J connectivity index is 1.33. The summed E-state index contributed by atoms with van der Waals surface area (Å²) in [6.45, 7) is 5.23. The number of rotatable bonds is 9. The zero-order valence-electron chi connectivity index (χ0n) is 20.7. The van der Waals surface area contributed by atoms with Crippen LogP contribution < -0.4 is 9.46 Å². The van der Waals surface area contributed by atoms with Crippen LogP contribution in [0.4, 0.5) is 0 Å². The van der Waals surface area contributed by atoms with Crippen molar-refractivity contribution in [1.82, 2.24) is 19.8 Å². The normalized spacial score (nSPS) is 18.0. The Labute approximate surface area is 215 Å². The molecule has 11 heteroatoms. The van der Waals surface area contributed by atoms with Crippen LogP contribution in [-0.2, 0) is 16.4 Å². The number of hydrogen-bond donors (Lipinski definition) is 2. The van der Waals surface area contributed by atoms with Crippen molar-refractivity contribution < 1.29 is 22.8 Å². The SMILES string of the molecule is CC(C)Oc1ccc(-c2nc(-c3cccc4c3CCC4NS(=O)(=O)CCN3CC(O)C3)no2)cc1C#N. The molecule has 2 heterocycles. The van der Waals surface area contributed by atoms with Crippen LogP contribution in [0.5, 0.6) is 5.75 Å². The minimum atomic E-state index is -3.48. The number of nitriles is 1. The van der Waals surface area contributed by atoms with Crippen LogP contribution in [-0.4, -0.2) is 66.2 Å². The van der Waals surface area contributed by atoms with E-state index in [4.69, 9.17) is 9.26 Å². The van der Waals surface area contributed by atoms with Gasteiger partial charge in [0, 0.05) is 36.8 Å². The third-order valence-electron chi connectivity index (χ3n) is 6.58. The lowest BCUT2D eigenvalue weighted by Gasteiger charge is -2.35. The minimum Gasteiger partial charge on any atom is -0.490 e. The molecule has 0 spiro atoms. The maximum atomic E-state index is 12.7. The Bertz CT molecular complexity index is 1440. The number of hydrogen-bond acceptors (Lipinski definition) is 9. The molecule has 2 aromatic carbocycles. The molecule has 2 N–H and O–H groups in total. The molecule has 2 aliphatic rings. The summed E-state index contributed by atoms with van der Waals surface area (Å²) in [5.74, 6) is 1.18. The third-order valence-corrected chi connectivity index (χ3v) is 7.95. The van der Waals surface area contributed by atoms with Crippen molar-refractivity contribution in [2.45, 2.75) is 44.9 Å². The summed E-state index contributed by atoms with van der Waals surface area (Å²) in [7, 11) is -3.48. The molecule has 0 radical (unpaired) electrons. The highest BCUT2D eigenvalue weighted by molar-refractivity contribution is 7.89. The number of sulfonamides is 1. The molecule has 3 aromatic rings. The highest BCUT2D eigenvalue weighted by Gasteiger charge is 2.31. The van der Waals surface area contributed by atoms with Gasteiger partial charge in [0.1, 0.15) is 11.8 Å². The first kappa shape index (κ1) is 25.4. The van der Waals surface area contributed by atoms with E-state index in [-0.39, 0.29) is 29.9 Å². The number of β-amino-alcohol motifs (C(OH)–C–C–N with tert-alkyl or cyclic N) is 1. The van der Waals surface area contributed by atoms with E-state index in [0.717, 1.165) is 16.7 Å². The van der Waals surface area contributed by atoms with Gasteiger partial charge in [-0.05, 0) is 56.0 Å². The van der Waals surface area contributed by atoms with Crippen molar-refractivity contribution in [2.75, 3.05) is 25.4 Å². The van der Waals surface area contributed by atoms with E-state index in [2.05, 4.69) is 20.9 Å². The zero-order chi connectivity index (χ0) is 26.2. The number of likely N-dealkylation sites (tertiary alicyclic amines) is 1. The summed E-state index contributed by atoms with van der Waals surface area (Å²) in [4.78, 5) is 6.49. The number of aliphatic hydroxyl groups excluding tert-OH is 1. The average Bonchev–Trinajstić information content (AvgIpc) is 3.49. The molecule has 1 aliphatic carbocycles. The largest absolute Gasteiger partial charge is 0.490 e. The number of benzene rings is 2. The lowest BCUT2D eigenvalue weighted by Crippen LogP contribution is -2.52. The number of ether oxygens (including phenoxy) is 1. The third kappa shape index (κ3) is 5.52. The molecular formula is C26H29N5O5S. The first-order valence-corrected chi connectivity index (χ1v) is 13.9. The van der Waals surface area contributed by atoms with Gasteiger partial charge in [-0.25, -0.2) is 13.1 Å². The molecule has 0 saturated carbocycles. The van der Waals surface area contributed by atoms with Crippen LogP contribution >= 0.6 is 0 Å². The second-order valence-corrected chi connectivity index (χ2v) is 11.6. The van der Waals surface area contributed by atoms with Gasteiger partial charge in [-0.2, -0.15) is 10.2 Å². The van der Waals surface area contributed by atoms with Gasteiger partial charge in [0.05, 0.1) is 23.5 Å². The maximum absolute atomic E-state index is 12.7. The molecule has 37 heavy (non-hydrogen) atoms. The molecule has 1 aromatic heterocycles. The van der Waals surface area contributed by atoms with Crippen LogP contribution in [0.2, 0.25) is 0 Å². The Morgan fingerprint density at radius 3 is 2.84 bits per heavy atom. The van der Waals surface area contributed by atoms with Crippen molar-refractivity contribution in [2.24, 2.45) is 0 Å². The fraction of sp³-hybridized carbons (Fsp3) is 0.423. The molecular weight excluding hydrogens is 494 g/mol. The van der Waals surface area contributed by atoms with E-state index in [1.807, 2.05) is 36.9 Å². The summed E-state index contributed by atoms with van der Waals surface area (Å²) in [5, 5.41) is 23.1. The van der Waals surface area contributed by atoms with Crippen molar-refractivity contribution in [3.63, 3.8) is 0 Å². The van der Waals surface area contributed by atoms with Gasteiger partial charge < -0.3 is 14.4 Å². The quantitative estimate of drug-likeness (QED) is 0.433. The molecule has 1 atom stereocenters. The first-order valence-electron chi connectivity index (χ1n) is 12.3. The van der Waals surface area contributed by atoms with E-state index in [0.29, 0.717) is 55.2 Å². The van der Waals surface area contributed by atoms with Gasteiger partial charge >= 0.3 is 0 Å². The summed E-state index contributed by atoms with van der Waals surface area (Å²) >= 11 is 0. The van der Waals surface area contributed by atoms with Gasteiger partial charge in [0.25, 0.3) is 5.89 Å². The fourth-order valence-corrected chi connectivity index (χ4v) is 6.09. The Morgan fingerprint density at radius 1 is 1.30 bits per heavy atom. The van der Waals surface area contributed by atoms with Crippen LogP contribution in [0.3, 0.4) is 0 Å². The summed E-state index contributed by atoms with van der Waals surface area (Å²) in [6.07, 6.45) is 0.909. The predicted octanol–water partition coefficient (Wildman–Crippen LogP) is 2.65. The van der Waals surface area contributed by atoms with Gasteiger partial charge in [0.2, 0.25) is 15.8 Å². The molecule has 0 bridgehead atoms. The Hall–Kier alpha value is -3.30. The number of aliphatic hydroxyl groups is 1. The summed E-state index contributed by atoms with van der Waals surface area (Å²) < 4.78 is 39.5. The van der Waals surface area contributed by atoms with E-state index in [1.54, 1.807) is 18.2 Å².